The first-order valence-corrected chi connectivity index (χ1v) is 4.30. The van der Waals surface area contributed by atoms with Crippen LogP contribution in [-0.4, -0.2) is 12.8 Å². The highest BCUT2D eigenvalue weighted by Crippen LogP contribution is 2.08. The van der Waals surface area contributed by atoms with Gasteiger partial charge in [-0.1, -0.05) is 12.1 Å². The highest BCUT2D eigenvalue weighted by Gasteiger charge is 1.99. The van der Waals surface area contributed by atoms with Crippen molar-refractivity contribution in [2.45, 2.75) is 6.92 Å². The first kappa shape index (κ1) is 10.3. The molecule has 1 aromatic carbocycles. The lowest BCUT2D eigenvalue weighted by Gasteiger charge is -2.02. The molecule has 3 heteroatoms. The Hall–Kier alpha value is -1.77. The minimum absolute atomic E-state index is 0.400. The minimum atomic E-state index is 0.400. The van der Waals surface area contributed by atoms with Crippen LogP contribution in [-0.2, 0) is 4.74 Å². The van der Waals surface area contributed by atoms with E-state index < -0.39 is 0 Å². The van der Waals surface area contributed by atoms with Crippen LogP contribution in [0, 0.1) is 5.41 Å². The molecular weight excluding hydrogens is 176 g/mol. The standard InChI is InChI=1S/C11H14N2O/c1-8(14-2)6-11(13)9-4-3-5-10(12)7-9/h3-7,13H,12H2,1-2H3/b8-6+,13-11?. The summed E-state index contributed by atoms with van der Waals surface area (Å²) in [5.74, 6) is 0.706. The van der Waals surface area contributed by atoms with Crippen molar-refractivity contribution in [2.75, 3.05) is 12.8 Å². The summed E-state index contributed by atoms with van der Waals surface area (Å²) < 4.78 is 4.96. The van der Waals surface area contributed by atoms with Gasteiger partial charge in [-0.15, -0.1) is 0 Å². The van der Waals surface area contributed by atoms with E-state index in [1.165, 1.54) is 0 Å². The van der Waals surface area contributed by atoms with Gasteiger partial charge in [0.15, 0.2) is 0 Å². The van der Waals surface area contributed by atoms with Gasteiger partial charge in [-0.3, -0.25) is 0 Å². The SMILES string of the molecule is CO/C(C)=C/C(=N)c1cccc(N)c1. The average molecular weight is 190 g/mol. The minimum Gasteiger partial charge on any atom is -0.501 e. The number of nitrogens with two attached hydrogens (primary N) is 1. The lowest BCUT2D eigenvalue weighted by atomic mass is 10.1. The number of nitrogen functional groups attached to an aromatic ring is 1. The molecule has 0 saturated carbocycles. The molecular formula is C11H14N2O. The molecule has 0 radical (unpaired) electrons. The normalized spacial score (nSPS) is 11.1. The number of ether oxygens (including phenoxy) is 1. The lowest BCUT2D eigenvalue weighted by molar-refractivity contribution is 0.294. The van der Waals surface area contributed by atoms with Crippen LogP contribution in [0.5, 0.6) is 0 Å². The number of nitrogens with one attached hydrogen (secondary N) is 1. The predicted molar refractivity (Wildman–Crippen MR) is 58.4 cm³/mol. The van der Waals surface area contributed by atoms with Crippen LogP contribution in [0.3, 0.4) is 0 Å². The Labute approximate surface area is 83.7 Å². The molecule has 1 aromatic rings. The molecule has 0 aliphatic carbocycles. The third-order valence-electron chi connectivity index (χ3n) is 1.87. The summed E-state index contributed by atoms with van der Waals surface area (Å²) in [6.07, 6.45) is 1.66. The molecule has 0 spiro atoms. The molecule has 0 aliphatic heterocycles. The topological polar surface area (TPSA) is 59.1 Å². The van der Waals surface area contributed by atoms with Crippen LogP contribution in [0.1, 0.15) is 12.5 Å². The van der Waals surface area contributed by atoms with Gasteiger partial charge in [0, 0.05) is 17.3 Å². The Morgan fingerprint density at radius 2 is 2.21 bits per heavy atom. The van der Waals surface area contributed by atoms with Gasteiger partial charge in [-0.2, -0.15) is 0 Å². The maximum absolute atomic E-state index is 7.75. The first-order chi connectivity index (χ1) is 6.63. The number of hydrogen-bond donors (Lipinski definition) is 2. The van der Waals surface area contributed by atoms with Crippen molar-refractivity contribution in [3.05, 3.63) is 41.7 Å². The van der Waals surface area contributed by atoms with Gasteiger partial charge in [0.25, 0.3) is 0 Å². The molecule has 0 fully saturated rings. The molecule has 74 valence electrons. The third-order valence-corrected chi connectivity index (χ3v) is 1.87. The zero-order valence-corrected chi connectivity index (χ0v) is 8.37. The fraction of sp³-hybridized carbons (Fsp3) is 0.182. The zero-order chi connectivity index (χ0) is 10.6. The largest absolute Gasteiger partial charge is 0.501 e. The molecule has 3 nitrogen and oxygen atoms in total. The highest BCUT2D eigenvalue weighted by atomic mass is 16.5. The predicted octanol–water partition coefficient (Wildman–Crippen LogP) is 2.19. The molecule has 0 saturated heterocycles. The van der Waals surface area contributed by atoms with Gasteiger partial charge in [-0.05, 0) is 19.1 Å². The number of methoxy groups -OCH3 is 1. The van der Waals surface area contributed by atoms with E-state index in [2.05, 4.69) is 0 Å². The third kappa shape index (κ3) is 2.62. The number of benzene rings is 1. The average Bonchev–Trinajstić information content (AvgIpc) is 2.17. The number of allylic oxidation sites excluding steroid dienone is 2. The summed E-state index contributed by atoms with van der Waals surface area (Å²) >= 11 is 0. The van der Waals surface area contributed by atoms with E-state index in [9.17, 15) is 0 Å². The Kier molecular flexibility index (Phi) is 3.29. The van der Waals surface area contributed by atoms with Gasteiger partial charge < -0.3 is 15.9 Å². The van der Waals surface area contributed by atoms with Crippen molar-refractivity contribution in [1.82, 2.24) is 0 Å². The monoisotopic (exact) mass is 190 g/mol. The van der Waals surface area contributed by atoms with Crippen LogP contribution in [0.25, 0.3) is 0 Å². The van der Waals surface area contributed by atoms with E-state index in [1.807, 2.05) is 12.1 Å². The maximum atomic E-state index is 7.75. The van der Waals surface area contributed by atoms with Crippen LogP contribution < -0.4 is 5.73 Å². The van der Waals surface area contributed by atoms with Gasteiger partial charge in [0.2, 0.25) is 0 Å². The summed E-state index contributed by atoms with van der Waals surface area (Å²) in [5.41, 5.74) is 7.47. The van der Waals surface area contributed by atoms with E-state index in [0.29, 0.717) is 17.2 Å². The summed E-state index contributed by atoms with van der Waals surface area (Å²) in [6, 6.07) is 7.23. The van der Waals surface area contributed by atoms with Gasteiger partial charge in [-0.25, -0.2) is 0 Å². The maximum Gasteiger partial charge on any atom is 0.0946 e. The van der Waals surface area contributed by atoms with Crippen molar-refractivity contribution in [3.63, 3.8) is 0 Å². The van der Waals surface area contributed by atoms with Crippen molar-refractivity contribution in [2.24, 2.45) is 0 Å². The van der Waals surface area contributed by atoms with Gasteiger partial charge in [0.1, 0.15) is 0 Å². The van der Waals surface area contributed by atoms with E-state index in [-0.39, 0.29) is 0 Å². The number of rotatable bonds is 3. The quantitative estimate of drug-likeness (QED) is 0.436. The lowest BCUT2D eigenvalue weighted by Crippen LogP contribution is -1.97. The van der Waals surface area contributed by atoms with Crippen molar-refractivity contribution < 1.29 is 4.74 Å². The Morgan fingerprint density at radius 1 is 1.50 bits per heavy atom. The van der Waals surface area contributed by atoms with Crippen LogP contribution >= 0.6 is 0 Å². The number of hydrogen-bond acceptors (Lipinski definition) is 3. The van der Waals surface area contributed by atoms with E-state index in [1.54, 1.807) is 32.2 Å². The molecule has 0 heterocycles. The second-order valence-electron chi connectivity index (χ2n) is 3.00. The Morgan fingerprint density at radius 3 is 2.79 bits per heavy atom. The van der Waals surface area contributed by atoms with E-state index >= 15 is 0 Å². The van der Waals surface area contributed by atoms with E-state index in [0.717, 1.165) is 5.56 Å². The van der Waals surface area contributed by atoms with Crippen molar-refractivity contribution in [3.8, 4) is 0 Å². The molecule has 0 bridgehead atoms. The summed E-state index contributed by atoms with van der Waals surface area (Å²) in [6.45, 7) is 1.81. The number of anilines is 1. The molecule has 1 rings (SSSR count). The second-order valence-corrected chi connectivity index (χ2v) is 3.00. The van der Waals surface area contributed by atoms with Gasteiger partial charge >= 0.3 is 0 Å². The summed E-state index contributed by atoms with van der Waals surface area (Å²) in [4.78, 5) is 0. The van der Waals surface area contributed by atoms with Crippen LogP contribution in [0.2, 0.25) is 0 Å². The summed E-state index contributed by atoms with van der Waals surface area (Å²) in [5, 5.41) is 7.75. The molecule has 0 atom stereocenters. The summed E-state index contributed by atoms with van der Waals surface area (Å²) in [7, 11) is 1.58. The fourth-order valence-corrected chi connectivity index (χ4v) is 1.05. The first-order valence-electron chi connectivity index (χ1n) is 4.30. The smallest absolute Gasteiger partial charge is 0.0946 e. The fourth-order valence-electron chi connectivity index (χ4n) is 1.05. The molecule has 14 heavy (non-hydrogen) atoms. The second kappa shape index (κ2) is 4.46. The molecule has 3 N–H and O–H groups in total. The molecule has 0 aromatic heterocycles. The van der Waals surface area contributed by atoms with E-state index in [4.69, 9.17) is 15.9 Å². The van der Waals surface area contributed by atoms with Crippen LogP contribution in [0.15, 0.2) is 36.1 Å². The Balaban J connectivity index is 2.90. The molecule has 0 amide bonds. The van der Waals surface area contributed by atoms with Crippen molar-refractivity contribution in [1.29, 1.82) is 5.41 Å². The molecule has 0 unspecified atom stereocenters. The van der Waals surface area contributed by atoms with Crippen molar-refractivity contribution >= 4 is 11.4 Å². The molecule has 0 aliphatic rings. The van der Waals surface area contributed by atoms with Crippen LogP contribution in [0.4, 0.5) is 5.69 Å². The Bertz CT molecular complexity index is 369. The zero-order valence-electron chi connectivity index (χ0n) is 8.37. The van der Waals surface area contributed by atoms with Gasteiger partial charge in [0.05, 0.1) is 18.6 Å². The highest BCUT2D eigenvalue weighted by molar-refractivity contribution is 6.07.